The van der Waals surface area contributed by atoms with Gasteiger partial charge >= 0.3 is 0 Å². The summed E-state index contributed by atoms with van der Waals surface area (Å²) in [6, 6.07) is 13.3. The molecule has 0 N–H and O–H groups in total. The van der Waals surface area contributed by atoms with Crippen molar-refractivity contribution < 1.29 is 0 Å². The molecule has 0 atom stereocenters. The molecule has 0 aliphatic heterocycles. The molecule has 3 rings (SSSR count). The van der Waals surface area contributed by atoms with E-state index in [4.69, 9.17) is 11.6 Å². The predicted octanol–water partition coefficient (Wildman–Crippen LogP) is 6.81. The standard InChI is InChI=1S/C19H20ClI/c1-3-9-19(10-4-2)17-11-13(20)5-7-15(17)16-8-6-14(21)12-18(16)19/h5-8,11-12H,3-4,9-10H2,1-2H3. The summed E-state index contributed by atoms with van der Waals surface area (Å²) in [5, 5.41) is 0.854. The van der Waals surface area contributed by atoms with Crippen LogP contribution < -0.4 is 0 Å². The Hall–Kier alpha value is -0.540. The Morgan fingerprint density at radius 1 is 0.905 bits per heavy atom. The van der Waals surface area contributed by atoms with Crippen LogP contribution in [-0.2, 0) is 5.41 Å². The summed E-state index contributed by atoms with van der Waals surface area (Å²) in [5.74, 6) is 0. The van der Waals surface area contributed by atoms with Gasteiger partial charge in [0.05, 0.1) is 0 Å². The Labute approximate surface area is 146 Å². The fourth-order valence-corrected chi connectivity index (χ4v) is 4.62. The minimum Gasteiger partial charge on any atom is -0.0843 e. The molecule has 0 saturated carbocycles. The normalized spacial score (nSPS) is 14.9. The van der Waals surface area contributed by atoms with Crippen molar-refractivity contribution in [3.05, 3.63) is 56.1 Å². The van der Waals surface area contributed by atoms with E-state index in [1.54, 1.807) is 0 Å². The first kappa shape index (κ1) is 15.4. The lowest BCUT2D eigenvalue weighted by atomic mass is 9.71. The Morgan fingerprint density at radius 2 is 1.48 bits per heavy atom. The highest BCUT2D eigenvalue weighted by Crippen LogP contribution is 2.54. The van der Waals surface area contributed by atoms with Crippen LogP contribution in [0, 0.1) is 3.57 Å². The molecule has 0 saturated heterocycles. The Bertz CT molecular complexity index is 616. The number of halogens is 2. The van der Waals surface area contributed by atoms with E-state index in [0.717, 1.165) is 5.02 Å². The fraction of sp³-hybridized carbons (Fsp3) is 0.368. The number of rotatable bonds is 4. The quantitative estimate of drug-likeness (QED) is 0.486. The van der Waals surface area contributed by atoms with Crippen LogP contribution in [0.5, 0.6) is 0 Å². The highest BCUT2D eigenvalue weighted by atomic mass is 127. The molecule has 0 bridgehead atoms. The van der Waals surface area contributed by atoms with Crippen molar-refractivity contribution in [2.24, 2.45) is 0 Å². The van der Waals surface area contributed by atoms with E-state index in [1.165, 1.54) is 51.5 Å². The molecule has 0 radical (unpaired) electrons. The van der Waals surface area contributed by atoms with Gasteiger partial charge in [0.1, 0.15) is 0 Å². The summed E-state index contributed by atoms with van der Waals surface area (Å²) >= 11 is 8.75. The highest BCUT2D eigenvalue weighted by molar-refractivity contribution is 14.1. The van der Waals surface area contributed by atoms with Gasteiger partial charge in [0, 0.05) is 14.0 Å². The first-order chi connectivity index (χ1) is 10.1. The van der Waals surface area contributed by atoms with E-state index in [1.807, 2.05) is 6.07 Å². The van der Waals surface area contributed by atoms with Crippen LogP contribution in [0.3, 0.4) is 0 Å². The van der Waals surface area contributed by atoms with Crippen molar-refractivity contribution in [2.75, 3.05) is 0 Å². The van der Waals surface area contributed by atoms with Crippen LogP contribution in [0.4, 0.5) is 0 Å². The lowest BCUT2D eigenvalue weighted by Crippen LogP contribution is -2.25. The predicted molar refractivity (Wildman–Crippen MR) is 100 cm³/mol. The molecule has 0 fully saturated rings. The second-order valence-corrected chi connectivity index (χ2v) is 7.64. The highest BCUT2D eigenvalue weighted by Gasteiger charge is 2.41. The molecular weight excluding hydrogens is 391 g/mol. The smallest absolute Gasteiger partial charge is 0.0409 e. The van der Waals surface area contributed by atoms with Crippen molar-refractivity contribution in [2.45, 2.75) is 44.9 Å². The second-order valence-electron chi connectivity index (χ2n) is 5.96. The third-order valence-electron chi connectivity index (χ3n) is 4.64. The largest absolute Gasteiger partial charge is 0.0843 e. The van der Waals surface area contributed by atoms with E-state index in [9.17, 15) is 0 Å². The van der Waals surface area contributed by atoms with Crippen LogP contribution in [0.2, 0.25) is 5.02 Å². The first-order valence-corrected chi connectivity index (χ1v) is 9.18. The molecule has 1 aliphatic rings. The molecule has 2 aromatic carbocycles. The number of fused-ring (bicyclic) bond motifs is 3. The van der Waals surface area contributed by atoms with Gasteiger partial charge in [0.2, 0.25) is 0 Å². The molecule has 0 amide bonds. The molecule has 1 aliphatic carbocycles. The summed E-state index contributed by atoms with van der Waals surface area (Å²) in [4.78, 5) is 0. The van der Waals surface area contributed by atoms with Crippen molar-refractivity contribution in [1.29, 1.82) is 0 Å². The zero-order chi connectivity index (χ0) is 15.0. The van der Waals surface area contributed by atoms with Gasteiger partial charge in [-0.05, 0) is 82.0 Å². The summed E-state index contributed by atoms with van der Waals surface area (Å²) < 4.78 is 1.32. The average molecular weight is 411 g/mol. The Balaban J connectivity index is 2.32. The SMILES string of the molecule is CCCC1(CCC)c2cc(Cl)ccc2-c2ccc(I)cc21. The molecule has 0 aromatic heterocycles. The third kappa shape index (κ3) is 2.43. The maximum absolute atomic E-state index is 6.32. The van der Waals surface area contributed by atoms with Crippen LogP contribution in [-0.4, -0.2) is 0 Å². The van der Waals surface area contributed by atoms with Crippen molar-refractivity contribution in [3.8, 4) is 11.1 Å². The Morgan fingerprint density at radius 3 is 2.10 bits per heavy atom. The van der Waals surface area contributed by atoms with Gasteiger partial charge in [0.15, 0.2) is 0 Å². The van der Waals surface area contributed by atoms with Crippen LogP contribution in [0.1, 0.15) is 50.7 Å². The van der Waals surface area contributed by atoms with Gasteiger partial charge in [-0.2, -0.15) is 0 Å². The molecule has 0 spiro atoms. The lowest BCUT2D eigenvalue weighted by molar-refractivity contribution is 0.435. The fourth-order valence-electron chi connectivity index (χ4n) is 3.96. The van der Waals surface area contributed by atoms with Gasteiger partial charge in [-0.15, -0.1) is 0 Å². The minimum atomic E-state index is 0.153. The summed E-state index contributed by atoms with van der Waals surface area (Å²) in [6.45, 7) is 4.57. The zero-order valence-electron chi connectivity index (χ0n) is 12.5. The monoisotopic (exact) mass is 410 g/mol. The van der Waals surface area contributed by atoms with E-state index in [2.05, 4.69) is 66.8 Å². The number of hydrogen-bond donors (Lipinski definition) is 0. The van der Waals surface area contributed by atoms with E-state index < -0.39 is 0 Å². The van der Waals surface area contributed by atoms with E-state index >= 15 is 0 Å². The van der Waals surface area contributed by atoms with Crippen molar-refractivity contribution in [1.82, 2.24) is 0 Å². The molecule has 2 aromatic rings. The zero-order valence-corrected chi connectivity index (χ0v) is 15.5. The maximum atomic E-state index is 6.32. The van der Waals surface area contributed by atoms with Crippen LogP contribution in [0.25, 0.3) is 11.1 Å². The van der Waals surface area contributed by atoms with Gasteiger partial charge in [0.25, 0.3) is 0 Å². The number of hydrogen-bond acceptors (Lipinski definition) is 0. The lowest BCUT2D eigenvalue weighted by Gasteiger charge is -2.32. The average Bonchev–Trinajstić information content (AvgIpc) is 2.70. The van der Waals surface area contributed by atoms with Gasteiger partial charge in [-0.3, -0.25) is 0 Å². The first-order valence-electron chi connectivity index (χ1n) is 7.73. The summed E-state index contributed by atoms with van der Waals surface area (Å²) in [7, 11) is 0. The maximum Gasteiger partial charge on any atom is 0.0409 e. The third-order valence-corrected chi connectivity index (χ3v) is 5.54. The summed E-state index contributed by atoms with van der Waals surface area (Å²) in [5.41, 5.74) is 5.89. The second kappa shape index (κ2) is 5.92. The van der Waals surface area contributed by atoms with Gasteiger partial charge < -0.3 is 0 Å². The van der Waals surface area contributed by atoms with Crippen LogP contribution in [0.15, 0.2) is 36.4 Å². The Kier molecular flexibility index (Phi) is 4.33. The van der Waals surface area contributed by atoms with Gasteiger partial charge in [-0.1, -0.05) is 50.4 Å². The molecule has 2 heteroatoms. The molecular formula is C19H20ClI. The van der Waals surface area contributed by atoms with Crippen molar-refractivity contribution >= 4 is 34.2 Å². The molecule has 21 heavy (non-hydrogen) atoms. The van der Waals surface area contributed by atoms with E-state index in [0.29, 0.717) is 0 Å². The van der Waals surface area contributed by atoms with Gasteiger partial charge in [-0.25, -0.2) is 0 Å². The minimum absolute atomic E-state index is 0.153. The summed E-state index contributed by atoms with van der Waals surface area (Å²) in [6.07, 6.45) is 4.77. The number of benzene rings is 2. The molecule has 0 nitrogen and oxygen atoms in total. The molecule has 0 heterocycles. The molecule has 0 unspecified atom stereocenters. The van der Waals surface area contributed by atoms with E-state index in [-0.39, 0.29) is 5.41 Å². The topological polar surface area (TPSA) is 0 Å². The van der Waals surface area contributed by atoms with Crippen LogP contribution >= 0.6 is 34.2 Å². The van der Waals surface area contributed by atoms with Crippen molar-refractivity contribution in [3.63, 3.8) is 0 Å². The molecule has 110 valence electrons.